The standard InChI is InChI=1S/C9H8F2/c1-2-3-7-4-5-8(10)6-9(7)11/h2-6H,1H3. The summed E-state index contributed by atoms with van der Waals surface area (Å²) in [7, 11) is 0. The molecule has 0 aliphatic carbocycles. The quantitative estimate of drug-likeness (QED) is 0.583. The summed E-state index contributed by atoms with van der Waals surface area (Å²) in [6.45, 7) is 1.78. The molecule has 0 saturated heterocycles. The Balaban J connectivity index is 3.09. The van der Waals surface area contributed by atoms with Crippen LogP contribution in [0, 0.1) is 11.6 Å². The van der Waals surface area contributed by atoms with Crippen molar-refractivity contribution in [3.05, 3.63) is 41.5 Å². The van der Waals surface area contributed by atoms with E-state index in [0.717, 1.165) is 6.07 Å². The Morgan fingerprint density at radius 1 is 1.27 bits per heavy atom. The molecule has 1 aromatic rings. The maximum absolute atomic E-state index is 12.7. The second-order valence-electron chi connectivity index (χ2n) is 2.17. The lowest BCUT2D eigenvalue weighted by molar-refractivity contribution is 0.581. The molecule has 1 aromatic carbocycles. The van der Waals surface area contributed by atoms with E-state index in [1.54, 1.807) is 19.1 Å². The summed E-state index contributed by atoms with van der Waals surface area (Å²) in [5.74, 6) is -1.07. The van der Waals surface area contributed by atoms with Gasteiger partial charge in [0, 0.05) is 11.6 Å². The van der Waals surface area contributed by atoms with Gasteiger partial charge in [0.2, 0.25) is 0 Å². The highest BCUT2D eigenvalue weighted by molar-refractivity contribution is 5.49. The van der Waals surface area contributed by atoms with Gasteiger partial charge in [0.1, 0.15) is 11.6 Å². The molecule has 0 nitrogen and oxygen atoms in total. The molecule has 2 heteroatoms. The van der Waals surface area contributed by atoms with Crippen LogP contribution in [0.4, 0.5) is 8.78 Å². The van der Waals surface area contributed by atoms with Crippen molar-refractivity contribution in [2.45, 2.75) is 6.92 Å². The van der Waals surface area contributed by atoms with Crippen LogP contribution in [0.15, 0.2) is 24.3 Å². The zero-order chi connectivity index (χ0) is 8.27. The number of benzene rings is 1. The van der Waals surface area contributed by atoms with Gasteiger partial charge in [-0.1, -0.05) is 12.2 Å². The first-order valence-corrected chi connectivity index (χ1v) is 3.32. The largest absolute Gasteiger partial charge is 0.207 e. The lowest BCUT2D eigenvalue weighted by atomic mass is 10.2. The zero-order valence-corrected chi connectivity index (χ0v) is 6.14. The molecule has 11 heavy (non-hydrogen) atoms. The summed E-state index contributed by atoms with van der Waals surface area (Å²) in [6, 6.07) is 3.51. The molecule has 0 aliphatic heterocycles. The van der Waals surface area contributed by atoms with Crippen molar-refractivity contribution >= 4 is 6.08 Å². The SMILES string of the molecule is CC=Cc1ccc(F)cc1F. The van der Waals surface area contributed by atoms with E-state index in [1.807, 2.05) is 0 Å². The highest BCUT2D eigenvalue weighted by Crippen LogP contribution is 2.10. The summed E-state index contributed by atoms with van der Waals surface area (Å²) < 4.78 is 25.1. The van der Waals surface area contributed by atoms with Gasteiger partial charge in [0.25, 0.3) is 0 Å². The second kappa shape index (κ2) is 3.28. The summed E-state index contributed by atoms with van der Waals surface area (Å²) in [5, 5.41) is 0. The smallest absolute Gasteiger partial charge is 0.133 e. The van der Waals surface area contributed by atoms with Crippen molar-refractivity contribution < 1.29 is 8.78 Å². The van der Waals surface area contributed by atoms with Crippen LogP contribution in [-0.4, -0.2) is 0 Å². The van der Waals surface area contributed by atoms with Gasteiger partial charge in [0.05, 0.1) is 0 Å². The molecule has 1 rings (SSSR count). The molecule has 58 valence electrons. The van der Waals surface area contributed by atoms with E-state index in [0.29, 0.717) is 5.56 Å². The molecular formula is C9H8F2. The van der Waals surface area contributed by atoms with Gasteiger partial charge in [-0.05, 0) is 19.1 Å². The Morgan fingerprint density at radius 2 is 2.00 bits per heavy atom. The van der Waals surface area contributed by atoms with Gasteiger partial charge in [-0.3, -0.25) is 0 Å². The molecule has 0 atom stereocenters. The molecular weight excluding hydrogens is 146 g/mol. The third kappa shape index (κ3) is 1.87. The van der Waals surface area contributed by atoms with Crippen LogP contribution in [0.1, 0.15) is 12.5 Å². The molecule has 0 fully saturated rings. The average molecular weight is 154 g/mol. The van der Waals surface area contributed by atoms with Crippen LogP contribution in [0.5, 0.6) is 0 Å². The highest BCUT2D eigenvalue weighted by atomic mass is 19.1. The van der Waals surface area contributed by atoms with Crippen molar-refractivity contribution in [1.29, 1.82) is 0 Å². The summed E-state index contributed by atoms with van der Waals surface area (Å²) >= 11 is 0. The van der Waals surface area contributed by atoms with Crippen LogP contribution in [0.25, 0.3) is 6.08 Å². The first-order chi connectivity index (χ1) is 5.24. The van der Waals surface area contributed by atoms with Crippen LogP contribution in [0.2, 0.25) is 0 Å². The van der Waals surface area contributed by atoms with Crippen molar-refractivity contribution in [1.82, 2.24) is 0 Å². The fraction of sp³-hybridized carbons (Fsp3) is 0.111. The number of hydrogen-bond acceptors (Lipinski definition) is 0. The zero-order valence-electron chi connectivity index (χ0n) is 6.14. The topological polar surface area (TPSA) is 0 Å². The fourth-order valence-corrected chi connectivity index (χ4v) is 0.816. The average Bonchev–Trinajstić information content (AvgIpc) is 1.95. The number of halogens is 2. The first kappa shape index (κ1) is 7.92. The van der Waals surface area contributed by atoms with E-state index in [1.165, 1.54) is 12.1 Å². The van der Waals surface area contributed by atoms with Crippen molar-refractivity contribution in [2.24, 2.45) is 0 Å². The van der Waals surface area contributed by atoms with Gasteiger partial charge in [-0.15, -0.1) is 0 Å². The van der Waals surface area contributed by atoms with E-state index < -0.39 is 11.6 Å². The normalized spacial score (nSPS) is 10.8. The summed E-state index contributed by atoms with van der Waals surface area (Å²) in [5.41, 5.74) is 0.411. The highest BCUT2D eigenvalue weighted by Gasteiger charge is 1.98. The molecule has 0 bridgehead atoms. The Hall–Kier alpha value is -1.18. The maximum Gasteiger partial charge on any atom is 0.133 e. The van der Waals surface area contributed by atoms with Crippen molar-refractivity contribution in [3.8, 4) is 0 Å². The molecule has 0 saturated carbocycles. The van der Waals surface area contributed by atoms with Gasteiger partial charge in [0.15, 0.2) is 0 Å². The van der Waals surface area contributed by atoms with Crippen molar-refractivity contribution in [3.63, 3.8) is 0 Å². The second-order valence-corrected chi connectivity index (χ2v) is 2.17. The van der Waals surface area contributed by atoms with Gasteiger partial charge >= 0.3 is 0 Å². The van der Waals surface area contributed by atoms with Gasteiger partial charge < -0.3 is 0 Å². The lowest BCUT2D eigenvalue weighted by Crippen LogP contribution is -1.82. The molecule has 0 unspecified atom stereocenters. The van der Waals surface area contributed by atoms with Crippen molar-refractivity contribution in [2.75, 3.05) is 0 Å². The predicted octanol–water partition coefficient (Wildman–Crippen LogP) is 3.00. The number of rotatable bonds is 1. The van der Waals surface area contributed by atoms with E-state index in [-0.39, 0.29) is 0 Å². The van der Waals surface area contributed by atoms with E-state index in [4.69, 9.17) is 0 Å². The number of hydrogen-bond donors (Lipinski definition) is 0. The molecule has 0 spiro atoms. The first-order valence-electron chi connectivity index (χ1n) is 3.32. The molecule has 0 heterocycles. The van der Waals surface area contributed by atoms with E-state index in [2.05, 4.69) is 0 Å². The van der Waals surface area contributed by atoms with E-state index >= 15 is 0 Å². The third-order valence-electron chi connectivity index (χ3n) is 1.31. The lowest BCUT2D eigenvalue weighted by Gasteiger charge is -1.94. The molecule has 0 N–H and O–H groups in total. The molecule has 0 radical (unpaired) electrons. The Labute approximate surface area is 64.2 Å². The number of allylic oxidation sites excluding steroid dienone is 1. The van der Waals surface area contributed by atoms with E-state index in [9.17, 15) is 8.78 Å². The fourth-order valence-electron chi connectivity index (χ4n) is 0.816. The maximum atomic E-state index is 12.7. The monoisotopic (exact) mass is 154 g/mol. The molecule has 0 amide bonds. The van der Waals surface area contributed by atoms with Gasteiger partial charge in [-0.25, -0.2) is 8.78 Å². The minimum atomic E-state index is -0.546. The Kier molecular flexibility index (Phi) is 2.36. The third-order valence-corrected chi connectivity index (χ3v) is 1.31. The summed E-state index contributed by atoms with van der Waals surface area (Å²) in [6.07, 6.45) is 3.30. The Bertz CT molecular complexity index is 277. The molecule has 0 aromatic heterocycles. The predicted molar refractivity (Wildman–Crippen MR) is 41.1 cm³/mol. The Morgan fingerprint density at radius 3 is 2.55 bits per heavy atom. The van der Waals surface area contributed by atoms with Gasteiger partial charge in [-0.2, -0.15) is 0 Å². The minimum absolute atomic E-state index is 0.411. The van der Waals surface area contributed by atoms with Crippen LogP contribution in [-0.2, 0) is 0 Å². The minimum Gasteiger partial charge on any atom is -0.207 e. The van der Waals surface area contributed by atoms with Crippen LogP contribution in [0.3, 0.4) is 0 Å². The van der Waals surface area contributed by atoms with Crippen LogP contribution >= 0.6 is 0 Å². The molecule has 0 aliphatic rings. The summed E-state index contributed by atoms with van der Waals surface area (Å²) in [4.78, 5) is 0. The van der Waals surface area contributed by atoms with Crippen LogP contribution < -0.4 is 0 Å².